The molecule has 0 N–H and O–H groups in total. The molecule has 3 nitrogen and oxygen atoms in total. The van der Waals surface area contributed by atoms with Gasteiger partial charge >= 0.3 is 11.9 Å². The van der Waals surface area contributed by atoms with Crippen LogP contribution in [0.25, 0.3) is 0 Å². The third-order valence-electron chi connectivity index (χ3n) is 1.08. The van der Waals surface area contributed by atoms with E-state index in [1.165, 1.54) is 23.5 Å². The molecule has 0 bridgehead atoms. The molecule has 0 saturated carbocycles. The summed E-state index contributed by atoms with van der Waals surface area (Å²) in [6.45, 7) is 3.90. The van der Waals surface area contributed by atoms with Gasteiger partial charge in [-0.25, -0.2) is 0 Å². The van der Waals surface area contributed by atoms with Crippen LogP contribution in [0.4, 0.5) is 0 Å². The molecule has 0 aromatic heterocycles. The maximum Gasteiger partial charge on any atom is 0.323 e. The summed E-state index contributed by atoms with van der Waals surface area (Å²) >= 11 is 2.90. The SMILES string of the molecule is CCSCC(=O)OC(=O)CSCC. The Labute approximate surface area is 87.0 Å². The Morgan fingerprint density at radius 2 is 1.38 bits per heavy atom. The summed E-state index contributed by atoms with van der Waals surface area (Å²) in [5.41, 5.74) is 0. The van der Waals surface area contributed by atoms with Gasteiger partial charge in [0.25, 0.3) is 0 Å². The summed E-state index contributed by atoms with van der Waals surface area (Å²) in [4.78, 5) is 21.8. The van der Waals surface area contributed by atoms with Crippen LogP contribution in [0.5, 0.6) is 0 Å². The van der Waals surface area contributed by atoms with Crippen molar-refractivity contribution in [1.29, 1.82) is 0 Å². The Hall–Kier alpha value is -0.160. The Balaban J connectivity index is 3.47. The number of carbonyl (C=O) groups is 2. The molecule has 0 unspecified atom stereocenters. The quantitative estimate of drug-likeness (QED) is 0.504. The first kappa shape index (κ1) is 12.8. The minimum Gasteiger partial charge on any atom is -0.392 e. The number of esters is 2. The van der Waals surface area contributed by atoms with Gasteiger partial charge < -0.3 is 4.74 Å². The van der Waals surface area contributed by atoms with E-state index in [-0.39, 0.29) is 11.5 Å². The summed E-state index contributed by atoms with van der Waals surface area (Å²) in [5.74, 6) is 1.36. The number of thioether (sulfide) groups is 2. The molecule has 0 saturated heterocycles. The second-order valence-corrected chi connectivity index (χ2v) is 4.67. The van der Waals surface area contributed by atoms with Gasteiger partial charge in [-0.2, -0.15) is 23.5 Å². The van der Waals surface area contributed by atoms with Crippen molar-refractivity contribution in [1.82, 2.24) is 0 Å². The maximum atomic E-state index is 10.9. The van der Waals surface area contributed by atoms with E-state index in [9.17, 15) is 9.59 Å². The van der Waals surface area contributed by atoms with E-state index in [0.717, 1.165) is 11.5 Å². The monoisotopic (exact) mass is 222 g/mol. The van der Waals surface area contributed by atoms with E-state index in [1.807, 2.05) is 13.8 Å². The van der Waals surface area contributed by atoms with E-state index in [1.54, 1.807) is 0 Å². The van der Waals surface area contributed by atoms with Gasteiger partial charge in [-0.05, 0) is 11.5 Å². The first-order chi connectivity index (χ1) is 6.20. The number of hydrogen-bond acceptors (Lipinski definition) is 5. The molecule has 13 heavy (non-hydrogen) atoms. The van der Waals surface area contributed by atoms with E-state index < -0.39 is 11.9 Å². The van der Waals surface area contributed by atoms with Crippen LogP contribution in [0.1, 0.15) is 13.8 Å². The molecule has 0 amide bonds. The Bertz CT molecular complexity index is 153. The van der Waals surface area contributed by atoms with Crippen molar-refractivity contribution in [2.24, 2.45) is 0 Å². The molecule has 0 aliphatic carbocycles. The molecular formula is C8H14O3S2. The molecule has 5 heteroatoms. The highest BCUT2D eigenvalue weighted by Crippen LogP contribution is 2.02. The Morgan fingerprint density at radius 3 is 1.69 bits per heavy atom. The topological polar surface area (TPSA) is 43.4 Å². The van der Waals surface area contributed by atoms with Crippen LogP contribution in [-0.2, 0) is 14.3 Å². The minimum atomic E-state index is -0.437. The van der Waals surface area contributed by atoms with Gasteiger partial charge in [-0.1, -0.05) is 13.8 Å². The molecule has 0 aromatic rings. The predicted molar refractivity (Wildman–Crippen MR) is 57.1 cm³/mol. The van der Waals surface area contributed by atoms with Crippen LogP contribution >= 0.6 is 23.5 Å². The van der Waals surface area contributed by atoms with Crippen molar-refractivity contribution < 1.29 is 14.3 Å². The zero-order valence-corrected chi connectivity index (χ0v) is 9.50. The zero-order valence-electron chi connectivity index (χ0n) is 7.87. The molecule has 0 fully saturated rings. The van der Waals surface area contributed by atoms with Crippen molar-refractivity contribution in [3.8, 4) is 0 Å². The molecule has 0 rings (SSSR count). The molecule has 0 aliphatic rings. The van der Waals surface area contributed by atoms with Crippen LogP contribution in [0.15, 0.2) is 0 Å². The summed E-state index contributed by atoms with van der Waals surface area (Å²) in [5, 5.41) is 0. The number of ether oxygens (including phenoxy) is 1. The van der Waals surface area contributed by atoms with Crippen LogP contribution in [-0.4, -0.2) is 35.0 Å². The normalized spacial score (nSPS) is 9.69. The highest BCUT2D eigenvalue weighted by molar-refractivity contribution is 8.00. The lowest BCUT2D eigenvalue weighted by molar-refractivity contribution is -0.155. The van der Waals surface area contributed by atoms with Gasteiger partial charge in [0.15, 0.2) is 0 Å². The molecular weight excluding hydrogens is 208 g/mol. The van der Waals surface area contributed by atoms with E-state index in [0.29, 0.717) is 0 Å². The molecule has 0 heterocycles. The molecule has 0 atom stereocenters. The van der Waals surface area contributed by atoms with Crippen molar-refractivity contribution in [2.45, 2.75) is 13.8 Å². The van der Waals surface area contributed by atoms with Gasteiger partial charge in [0, 0.05) is 0 Å². The number of rotatable bonds is 6. The smallest absolute Gasteiger partial charge is 0.323 e. The third kappa shape index (κ3) is 8.18. The van der Waals surface area contributed by atoms with Gasteiger partial charge in [0.1, 0.15) is 0 Å². The lowest BCUT2D eigenvalue weighted by Crippen LogP contribution is -2.16. The van der Waals surface area contributed by atoms with Gasteiger partial charge in [-0.15, -0.1) is 0 Å². The fourth-order valence-electron chi connectivity index (χ4n) is 0.557. The molecule has 0 aliphatic heterocycles. The summed E-state index contributed by atoms with van der Waals surface area (Å²) < 4.78 is 4.54. The third-order valence-corrected chi connectivity index (χ3v) is 2.77. The number of hydrogen-bond donors (Lipinski definition) is 0. The largest absolute Gasteiger partial charge is 0.392 e. The average Bonchev–Trinajstić information content (AvgIpc) is 2.11. The van der Waals surface area contributed by atoms with Crippen LogP contribution < -0.4 is 0 Å². The highest BCUT2D eigenvalue weighted by Gasteiger charge is 2.09. The number of carbonyl (C=O) groups excluding carboxylic acids is 2. The lowest BCUT2D eigenvalue weighted by Gasteiger charge is -2.00. The van der Waals surface area contributed by atoms with E-state index in [2.05, 4.69) is 4.74 Å². The van der Waals surface area contributed by atoms with Gasteiger partial charge in [0.05, 0.1) is 11.5 Å². The highest BCUT2D eigenvalue weighted by atomic mass is 32.2. The molecule has 0 aromatic carbocycles. The Kier molecular flexibility index (Phi) is 8.33. The fourth-order valence-corrected chi connectivity index (χ4v) is 1.42. The average molecular weight is 222 g/mol. The zero-order chi connectivity index (χ0) is 10.1. The minimum absolute atomic E-state index is 0.263. The molecule has 0 spiro atoms. The van der Waals surface area contributed by atoms with Crippen molar-refractivity contribution in [3.05, 3.63) is 0 Å². The van der Waals surface area contributed by atoms with Crippen molar-refractivity contribution >= 4 is 35.5 Å². The van der Waals surface area contributed by atoms with Gasteiger partial charge in [-0.3, -0.25) is 9.59 Å². The first-order valence-electron chi connectivity index (χ1n) is 4.09. The summed E-state index contributed by atoms with van der Waals surface area (Å²) in [6.07, 6.45) is 0. The first-order valence-corrected chi connectivity index (χ1v) is 6.40. The second kappa shape index (κ2) is 8.44. The second-order valence-electron chi connectivity index (χ2n) is 2.12. The van der Waals surface area contributed by atoms with Crippen molar-refractivity contribution in [2.75, 3.05) is 23.0 Å². The van der Waals surface area contributed by atoms with E-state index in [4.69, 9.17) is 0 Å². The van der Waals surface area contributed by atoms with E-state index >= 15 is 0 Å². The Morgan fingerprint density at radius 1 is 1.00 bits per heavy atom. The predicted octanol–water partition coefficient (Wildman–Crippen LogP) is 1.56. The fraction of sp³-hybridized carbons (Fsp3) is 0.750. The van der Waals surface area contributed by atoms with Crippen molar-refractivity contribution in [3.63, 3.8) is 0 Å². The lowest BCUT2D eigenvalue weighted by atomic mass is 10.7. The van der Waals surface area contributed by atoms with Crippen LogP contribution in [0, 0.1) is 0 Å². The standard InChI is InChI=1S/C8H14O3S2/c1-3-12-5-7(9)11-8(10)6-13-4-2/h3-6H2,1-2H3. The molecule has 76 valence electrons. The summed E-state index contributed by atoms with van der Waals surface area (Å²) in [7, 11) is 0. The van der Waals surface area contributed by atoms with Crippen LogP contribution in [0.2, 0.25) is 0 Å². The maximum absolute atomic E-state index is 10.9. The van der Waals surface area contributed by atoms with Gasteiger partial charge in [0.2, 0.25) is 0 Å². The molecule has 0 radical (unpaired) electrons. The van der Waals surface area contributed by atoms with Crippen LogP contribution in [0.3, 0.4) is 0 Å². The summed E-state index contributed by atoms with van der Waals surface area (Å²) in [6, 6.07) is 0.